The lowest BCUT2D eigenvalue weighted by molar-refractivity contribution is -0.118. The van der Waals surface area contributed by atoms with Crippen LogP contribution in [-0.2, 0) is 14.8 Å². The van der Waals surface area contributed by atoms with Crippen molar-refractivity contribution < 1.29 is 17.9 Å². The average Bonchev–Trinajstić information content (AvgIpc) is 2.68. The molecule has 0 aromatic heterocycles. The van der Waals surface area contributed by atoms with Crippen molar-refractivity contribution in [3.8, 4) is 5.75 Å². The lowest BCUT2D eigenvalue weighted by Gasteiger charge is -2.11. The molecular formula is C21H18Cl2N2O4S. The molecule has 3 aromatic carbocycles. The van der Waals surface area contributed by atoms with E-state index < -0.39 is 15.9 Å². The largest absolute Gasteiger partial charge is 0.484 e. The molecule has 0 spiro atoms. The van der Waals surface area contributed by atoms with E-state index in [1.165, 1.54) is 30.3 Å². The van der Waals surface area contributed by atoms with Gasteiger partial charge in [-0.25, -0.2) is 8.42 Å². The van der Waals surface area contributed by atoms with Gasteiger partial charge >= 0.3 is 0 Å². The molecule has 0 atom stereocenters. The molecule has 0 aliphatic rings. The molecule has 0 bridgehead atoms. The average molecular weight is 465 g/mol. The highest BCUT2D eigenvalue weighted by molar-refractivity contribution is 7.92. The summed E-state index contributed by atoms with van der Waals surface area (Å²) in [6.45, 7) is 1.60. The normalized spacial score (nSPS) is 11.0. The van der Waals surface area contributed by atoms with Crippen LogP contribution in [0.5, 0.6) is 5.75 Å². The Bertz CT molecular complexity index is 1170. The Labute approximate surface area is 184 Å². The zero-order valence-electron chi connectivity index (χ0n) is 15.9. The van der Waals surface area contributed by atoms with Crippen molar-refractivity contribution in [3.63, 3.8) is 0 Å². The van der Waals surface area contributed by atoms with E-state index in [0.717, 1.165) is 5.56 Å². The van der Waals surface area contributed by atoms with Crippen molar-refractivity contribution in [2.75, 3.05) is 16.6 Å². The summed E-state index contributed by atoms with van der Waals surface area (Å²) in [5.74, 6) is -0.0705. The number of benzene rings is 3. The standard InChI is InChI=1S/C21H18Cl2N2O4S/c1-14-3-2-4-16(11-14)25-30(27,28)18-8-6-17(7-9-18)29-13-21(26)24-20-10-5-15(22)12-19(20)23/h2-12,25H,13H2,1H3,(H,24,26). The third-order valence-electron chi connectivity index (χ3n) is 3.98. The van der Waals surface area contributed by atoms with Crippen molar-refractivity contribution in [2.24, 2.45) is 0 Å². The Kier molecular flexibility index (Phi) is 6.87. The van der Waals surface area contributed by atoms with Crippen molar-refractivity contribution >= 4 is 50.5 Å². The van der Waals surface area contributed by atoms with Crippen LogP contribution in [0.2, 0.25) is 10.0 Å². The second kappa shape index (κ2) is 9.38. The molecule has 3 aromatic rings. The third-order valence-corrected chi connectivity index (χ3v) is 5.92. The van der Waals surface area contributed by atoms with Gasteiger partial charge in [0.15, 0.2) is 6.61 Å². The van der Waals surface area contributed by atoms with E-state index in [1.54, 1.807) is 30.3 Å². The fraction of sp³-hybridized carbons (Fsp3) is 0.0952. The van der Waals surface area contributed by atoms with Gasteiger partial charge in [0.25, 0.3) is 15.9 Å². The van der Waals surface area contributed by atoms with Crippen molar-refractivity contribution in [1.29, 1.82) is 0 Å². The van der Waals surface area contributed by atoms with Crippen LogP contribution in [0, 0.1) is 6.92 Å². The molecule has 0 aliphatic heterocycles. The van der Waals surface area contributed by atoms with Crippen molar-refractivity contribution in [2.45, 2.75) is 11.8 Å². The maximum absolute atomic E-state index is 12.5. The first-order valence-electron chi connectivity index (χ1n) is 8.80. The fourth-order valence-corrected chi connectivity index (χ4v) is 4.07. The van der Waals surface area contributed by atoms with Gasteiger partial charge in [0, 0.05) is 10.7 Å². The topological polar surface area (TPSA) is 84.5 Å². The minimum absolute atomic E-state index is 0.0775. The highest BCUT2D eigenvalue weighted by Gasteiger charge is 2.14. The molecular weight excluding hydrogens is 447 g/mol. The van der Waals surface area contributed by atoms with E-state index in [0.29, 0.717) is 27.2 Å². The van der Waals surface area contributed by atoms with E-state index >= 15 is 0 Å². The summed E-state index contributed by atoms with van der Waals surface area (Å²) < 4.78 is 33.0. The Morgan fingerprint density at radius 2 is 1.73 bits per heavy atom. The van der Waals surface area contributed by atoms with Crippen LogP contribution in [-0.4, -0.2) is 20.9 Å². The van der Waals surface area contributed by atoms with Gasteiger partial charge in [0.05, 0.1) is 15.6 Å². The number of ether oxygens (including phenoxy) is 1. The molecule has 0 fully saturated rings. The van der Waals surface area contributed by atoms with E-state index in [9.17, 15) is 13.2 Å². The molecule has 0 radical (unpaired) electrons. The molecule has 0 unspecified atom stereocenters. The number of amides is 1. The van der Waals surface area contributed by atoms with E-state index in [-0.39, 0.29) is 11.5 Å². The second-order valence-corrected chi connectivity index (χ2v) is 8.93. The number of sulfonamides is 1. The SMILES string of the molecule is Cc1cccc(NS(=O)(=O)c2ccc(OCC(=O)Nc3ccc(Cl)cc3Cl)cc2)c1. The molecule has 6 nitrogen and oxygen atoms in total. The molecule has 30 heavy (non-hydrogen) atoms. The monoisotopic (exact) mass is 464 g/mol. The van der Waals surface area contributed by atoms with Gasteiger partial charge in [-0.2, -0.15) is 0 Å². The summed E-state index contributed by atoms with van der Waals surface area (Å²) in [5.41, 5.74) is 1.84. The summed E-state index contributed by atoms with van der Waals surface area (Å²) >= 11 is 11.8. The number of carbonyl (C=O) groups is 1. The Morgan fingerprint density at radius 3 is 2.40 bits per heavy atom. The summed E-state index contributed by atoms with van der Waals surface area (Å²) in [5, 5.41) is 3.39. The first-order valence-corrected chi connectivity index (χ1v) is 11.0. The number of aryl methyl sites for hydroxylation is 1. The first kappa shape index (κ1) is 22.0. The predicted molar refractivity (Wildman–Crippen MR) is 119 cm³/mol. The summed E-state index contributed by atoms with van der Waals surface area (Å²) in [6.07, 6.45) is 0. The second-order valence-electron chi connectivity index (χ2n) is 6.41. The molecule has 0 saturated carbocycles. The molecule has 156 valence electrons. The van der Waals surface area contributed by atoms with E-state index in [4.69, 9.17) is 27.9 Å². The number of halogens is 2. The quantitative estimate of drug-likeness (QED) is 0.507. The van der Waals surface area contributed by atoms with Crippen LogP contribution in [0.15, 0.2) is 71.6 Å². The predicted octanol–water partition coefficient (Wildman–Crippen LogP) is 5.12. The summed E-state index contributed by atoms with van der Waals surface area (Å²) in [7, 11) is -3.74. The van der Waals surface area contributed by atoms with Gasteiger partial charge in [-0.1, -0.05) is 35.3 Å². The summed E-state index contributed by atoms with van der Waals surface area (Å²) in [6, 6.07) is 17.5. The number of nitrogens with one attached hydrogen (secondary N) is 2. The van der Waals surface area contributed by atoms with Crippen LogP contribution in [0.4, 0.5) is 11.4 Å². The van der Waals surface area contributed by atoms with Gasteiger partial charge in [-0.05, 0) is 67.1 Å². The lowest BCUT2D eigenvalue weighted by atomic mass is 10.2. The van der Waals surface area contributed by atoms with Crippen LogP contribution >= 0.6 is 23.2 Å². The highest BCUT2D eigenvalue weighted by Crippen LogP contribution is 2.25. The minimum atomic E-state index is -3.74. The molecule has 0 aliphatic carbocycles. The molecule has 0 heterocycles. The maximum Gasteiger partial charge on any atom is 0.262 e. The van der Waals surface area contributed by atoms with Gasteiger partial charge in [0.2, 0.25) is 0 Å². The number of carbonyl (C=O) groups excluding carboxylic acids is 1. The number of anilines is 2. The molecule has 0 saturated heterocycles. The third kappa shape index (κ3) is 5.89. The Balaban J connectivity index is 1.59. The Hall–Kier alpha value is -2.74. The van der Waals surface area contributed by atoms with Crippen LogP contribution in [0.1, 0.15) is 5.56 Å². The van der Waals surface area contributed by atoms with Crippen LogP contribution in [0.3, 0.4) is 0 Å². The number of rotatable bonds is 7. The van der Waals surface area contributed by atoms with Crippen molar-refractivity contribution in [1.82, 2.24) is 0 Å². The van der Waals surface area contributed by atoms with Crippen LogP contribution < -0.4 is 14.8 Å². The maximum atomic E-state index is 12.5. The number of hydrogen-bond donors (Lipinski definition) is 2. The van der Waals surface area contributed by atoms with Gasteiger partial charge in [-0.3, -0.25) is 9.52 Å². The van der Waals surface area contributed by atoms with E-state index in [2.05, 4.69) is 10.0 Å². The van der Waals surface area contributed by atoms with Gasteiger partial charge in [0.1, 0.15) is 5.75 Å². The lowest BCUT2D eigenvalue weighted by Crippen LogP contribution is -2.20. The Morgan fingerprint density at radius 1 is 1.00 bits per heavy atom. The fourth-order valence-electron chi connectivity index (χ4n) is 2.56. The summed E-state index contributed by atoms with van der Waals surface area (Å²) in [4.78, 5) is 12.1. The van der Waals surface area contributed by atoms with Gasteiger partial charge in [-0.15, -0.1) is 0 Å². The minimum Gasteiger partial charge on any atom is -0.484 e. The molecule has 3 rings (SSSR count). The zero-order valence-corrected chi connectivity index (χ0v) is 18.2. The van der Waals surface area contributed by atoms with Crippen molar-refractivity contribution in [3.05, 3.63) is 82.3 Å². The highest BCUT2D eigenvalue weighted by atomic mass is 35.5. The smallest absolute Gasteiger partial charge is 0.262 e. The molecule has 1 amide bonds. The number of hydrogen-bond acceptors (Lipinski definition) is 4. The zero-order chi connectivity index (χ0) is 21.7. The molecule has 9 heteroatoms. The molecule has 2 N–H and O–H groups in total. The first-order chi connectivity index (χ1) is 14.2. The van der Waals surface area contributed by atoms with E-state index in [1.807, 2.05) is 13.0 Å². The van der Waals surface area contributed by atoms with Gasteiger partial charge < -0.3 is 10.1 Å². The van der Waals surface area contributed by atoms with Crippen LogP contribution in [0.25, 0.3) is 0 Å².